The Kier molecular flexibility index (Phi) is 3.33. The minimum Gasteiger partial charge on any atom is -0.316 e. The van der Waals surface area contributed by atoms with E-state index < -0.39 is 0 Å². The molecule has 1 N–H and O–H groups in total. The second kappa shape index (κ2) is 4.07. The Morgan fingerprint density at radius 1 is 1.45 bits per heavy atom. The third-order valence-electron chi connectivity index (χ3n) is 1.64. The van der Waals surface area contributed by atoms with Gasteiger partial charge in [-0.3, -0.25) is 0 Å². The van der Waals surface area contributed by atoms with Gasteiger partial charge in [-0.05, 0) is 47.7 Å². The molecule has 0 aliphatic carbocycles. The third kappa shape index (κ3) is 2.17. The van der Waals surface area contributed by atoms with E-state index in [0.717, 1.165) is 6.54 Å². The van der Waals surface area contributed by atoms with Gasteiger partial charge in [0.05, 0.1) is 0 Å². The van der Waals surface area contributed by atoms with E-state index in [0.29, 0.717) is 0 Å². The Morgan fingerprint density at radius 2 is 2.18 bits per heavy atom. The monoisotopic (exact) mass is 261 g/mol. The van der Waals surface area contributed by atoms with Gasteiger partial charge in [-0.15, -0.1) is 0 Å². The molecule has 0 fully saturated rings. The number of rotatable bonds is 2. The molecular formula is C9H12IN. The zero-order chi connectivity index (χ0) is 8.27. The summed E-state index contributed by atoms with van der Waals surface area (Å²) in [5, 5.41) is 3.15. The molecule has 60 valence electrons. The second-order valence-corrected chi connectivity index (χ2v) is 3.66. The smallest absolute Gasteiger partial charge is 0.0213 e. The molecule has 1 nitrogen and oxygen atoms in total. The second-order valence-electron chi connectivity index (χ2n) is 2.58. The SMILES string of the molecule is CNCc1cccc(C)c1I. The Bertz CT molecular complexity index is 245. The van der Waals surface area contributed by atoms with Crippen LogP contribution in [0, 0.1) is 10.5 Å². The van der Waals surface area contributed by atoms with Gasteiger partial charge in [-0.25, -0.2) is 0 Å². The minimum atomic E-state index is 0.958. The molecule has 2 heteroatoms. The van der Waals surface area contributed by atoms with Crippen LogP contribution in [0.1, 0.15) is 11.1 Å². The minimum absolute atomic E-state index is 0.958. The summed E-state index contributed by atoms with van der Waals surface area (Å²) in [4.78, 5) is 0. The first-order valence-electron chi connectivity index (χ1n) is 3.64. The van der Waals surface area contributed by atoms with E-state index in [1.165, 1.54) is 14.7 Å². The Labute approximate surface area is 81.3 Å². The van der Waals surface area contributed by atoms with E-state index in [2.05, 4.69) is 53.0 Å². The van der Waals surface area contributed by atoms with Crippen molar-refractivity contribution < 1.29 is 0 Å². The van der Waals surface area contributed by atoms with Crippen molar-refractivity contribution in [2.24, 2.45) is 0 Å². The fraction of sp³-hybridized carbons (Fsp3) is 0.333. The number of halogens is 1. The van der Waals surface area contributed by atoms with Crippen LogP contribution >= 0.6 is 22.6 Å². The molecule has 0 saturated carbocycles. The van der Waals surface area contributed by atoms with Gasteiger partial charge in [-0.1, -0.05) is 18.2 Å². The number of aryl methyl sites for hydroxylation is 1. The largest absolute Gasteiger partial charge is 0.316 e. The van der Waals surface area contributed by atoms with Gasteiger partial charge in [0.25, 0.3) is 0 Å². The Hall–Kier alpha value is -0.0900. The van der Waals surface area contributed by atoms with Crippen LogP contribution in [-0.4, -0.2) is 7.05 Å². The number of hydrogen-bond acceptors (Lipinski definition) is 1. The lowest BCUT2D eigenvalue weighted by molar-refractivity contribution is 0.813. The fourth-order valence-corrected chi connectivity index (χ4v) is 1.59. The maximum absolute atomic E-state index is 3.15. The highest BCUT2D eigenvalue weighted by molar-refractivity contribution is 14.1. The molecule has 1 aromatic carbocycles. The topological polar surface area (TPSA) is 12.0 Å². The molecule has 0 aliphatic rings. The zero-order valence-electron chi connectivity index (χ0n) is 6.82. The molecule has 0 spiro atoms. The highest BCUT2D eigenvalue weighted by atomic mass is 127. The molecule has 0 unspecified atom stereocenters. The predicted molar refractivity (Wildman–Crippen MR) is 56.7 cm³/mol. The number of benzene rings is 1. The maximum Gasteiger partial charge on any atom is 0.0213 e. The summed E-state index contributed by atoms with van der Waals surface area (Å²) in [5.74, 6) is 0. The normalized spacial score (nSPS) is 10.1. The molecular weight excluding hydrogens is 249 g/mol. The molecule has 0 aliphatic heterocycles. The van der Waals surface area contributed by atoms with Crippen LogP contribution in [0.3, 0.4) is 0 Å². The van der Waals surface area contributed by atoms with Gasteiger partial charge in [0.1, 0.15) is 0 Å². The van der Waals surface area contributed by atoms with Gasteiger partial charge in [0.15, 0.2) is 0 Å². The van der Waals surface area contributed by atoms with Crippen LogP contribution in [0.25, 0.3) is 0 Å². The van der Waals surface area contributed by atoms with E-state index in [-0.39, 0.29) is 0 Å². The van der Waals surface area contributed by atoms with E-state index >= 15 is 0 Å². The first-order valence-corrected chi connectivity index (χ1v) is 4.72. The average Bonchev–Trinajstić information content (AvgIpc) is 1.99. The molecule has 0 heterocycles. The van der Waals surface area contributed by atoms with Crippen LogP contribution < -0.4 is 5.32 Å². The molecule has 1 aromatic rings. The third-order valence-corrected chi connectivity index (χ3v) is 3.18. The molecule has 1 rings (SSSR count). The van der Waals surface area contributed by atoms with Crippen LogP contribution in [-0.2, 0) is 6.54 Å². The van der Waals surface area contributed by atoms with Crippen LogP contribution in [0.5, 0.6) is 0 Å². The molecule has 0 saturated heterocycles. The summed E-state index contributed by atoms with van der Waals surface area (Å²) in [6.45, 7) is 3.10. The van der Waals surface area contributed by atoms with Crippen molar-refractivity contribution in [1.82, 2.24) is 5.32 Å². The van der Waals surface area contributed by atoms with Crippen LogP contribution in [0.2, 0.25) is 0 Å². The lowest BCUT2D eigenvalue weighted by Crippen LogP contribution is -2.06. The summed E-state index contributed by atoms with van der Waals surface area (Å²) in [7, 11) is 1.97. The molecule has 11 heavy (non-hydrogen) atoms. The molecule has 0 bridgehead atoms. The van der Waals surface area contributed by atoms with Gasteiger partial charge in [-0.2, -0.15) is 0 Å². The van der Waals surface area contributed by atoms with Crippen molar-refractivity contribution in [3.05, 3.63) is 32.9 Å². The van der Waals surface area contributed by atoms with Gasteiger partial charge in [0, 0.05) is 10.1 Å². The highest BCUT2D eigenvalue weighted by Crippen LogP contribution is 2.15. The molecule has 0 radical (unpaired) electrons. The van der Waals surface area contributed by atoms with Crippen molar-refractivity contribution in [3.63, 3.8) is 0 Å². The summed E-state index contributed by atoms with van der Waals surface area (Å²) in [6, 6.07) is 6.40. The average molecular weight is 261 g/mol. The first kappa shape index (κ1) is 9.00. The van der Waals surface area contributed by atoms with Gasteiger partial charge >= 0.3 is 0 Å². The van der Waals surface area contributed by atoms with Crippen molar-refractivity contribution in [2.45, 2.75) is 13.5 Å². The molecule has 0 amide bonds. The van der Waals surface area contributed by atoms with Crippen LogP contribution in [0.15, 0.2) is 18.2 Å². The van der Waals surface area contributed by atoms with Gasteiger partial charge < -0.3 is 5.32 Å². The van der Waals surface area contributed by atoms with E-state index in [9.17, 15) is 0 Å². The maximum atomic E-state index is 3.15. The quantitative estimate of drug-likeness (QED) is 0.805. The lowest BCUT2D eigenvalue weighted by atomic mass is 10.1. The van der Waals surface area contributed by atoms with E-state index in [1.54, 1.807) is 0 Å². The summed E-state index contributed by atoms with van der Waals surface area (Å²) < 4.78 is 1.37. The van der Waals surface area contributed by atoms with Gasteiger partial charge in [0.2, 0.25) is 0 Å². The molecule has 0 aromatic heterocycles. The van der Waals surface area contributed by atoms with Crippen LogP contribution in [0.4, 0.5) is 0 Å². The number of hydrogen-bond donors (Lipinski definition) is 1. The van der Waals surface area contributed by atoms with Crippen molar-refractivity contribution in [1.29, 1.82) is 0 Å². The Balaban J connectivity index is 2.96. The van der Waals surface area contributed by atoms with Crippen molar-refractivity contribution >= 4 is 22.6 Å². The van der Waals surface area contributed by atoms with Crippen molar-refractivity contribution in [2.75, 3.05) is 7.05 Å². The van der Waals surface area contributed by atoms with Crippen molar-refractivity contribution in [3.8, 4) is 0 Å². The molecule has 0 atom stereocenters. The summed E-state index contributed by atoms with van der Waals surface area (Å²) >= 11 is 2.39. The summed E-state index contributed by atoms with van der Waals surface area (Å²) in [6.07, 6.45) is 0. The fourth-order valence-electron chi connectivity index (χ4n) is 1.04. The van der Waals surface area contributed by atoms with E-state index in [1.807, 2.05) is 7.05 Å². The first-order chi connectivity index (χ1) is 5.25. The van der Waals surface area contributed by atoms with E-state index in [4.69, 9.17) is 0 Å². The predicted octanol–water partition coefficient (Wildman–Crippen LogP) is 2.32. The number of nitrogens with one attached hydrogen (secondary N) is 1. The standard InChI is InChI=1S/C9H12IN/c1-7-4-3-5-8(6-11-2)9(7)10/h3-5,11H,6H2,1-2H3. The zero-order valence-corrected chi connectivity index (χ0v) is 8.97. The highest BCUT2D eigenvalue weighted by Gasteiger charge is 1.99. The Morgan fingerprint density at radius 3 is 2.82 bits per heavy atom. The summed E-state index contributed by atoms with van der Waals surface area (Å²) in [5.41, 5.74) is 2.74. The lowest BCUT2D eigenvalue weighted by Gasteiger charge is -2.05.